The summed E-state index contributed by atoms with van der Waals surface area (Å²) in [5.41, 5.74) is 1.47. The fourth-order valence-corrected chi connectivity index (χ4v) is 3.68. The number of anilines is 2. The van der Waals surface area contributed by atoms with Gasteiger partial charge in [0.15, 0.2) is 0 Å². The zero-order valence-electron chi connectivity index (χ0n) is 12.1. The molecule has 23 heavy (non-hydrogen) atoms. The first-order valence-corrected chi connectivity index (χ1v) is 8.38. The van der Waals surface area contributed by atoms with Gasteiger partial charge in [-0.1, -0.05) is 60.4 Å². The van der Waals surface area contributed by atoms with Crippen molar-refractivity contribution in [3.05, 3.63) is 60.7 Å². The van der Waals surface area contributed by atoms with Crippen LogP contribution >= 0.6 is 24.0 Å². The number of carbonyl (C=O) groups is 2. The van der Waals surface area contributed by atoms with E-state index in [-0.39, 0.29) is 18.2 Å². The predicted octanol–water partition coefficient (Wildman–Crippen LogP) is 3.45. The number of nitrogens with zero attached hydrogens (tertiary/aromatic N) is 1. The van der Waals surface area contributed by atoms with Gasteiger partial charge >= 0.3 is 0 Å². The molecule has 3 rings (SSSR count). The number of hydrogen-bond acceptors (Lipinski definition) is 4. The molecule has 1 aliphatic rings. The number of rotatable bonds is 3. The lowest BCUT2D eigenvalue weighted by Crippen LogP contribution is -2.31. The maximum Gasteiger partial charge on any atom is 0.247 e. The summed E-state index contributed by atoms with van der Waals surface area (Å²) in [6.45, 7) is 0. The van der Waals surface area contributed by atoms with Gasteiger partial charge in [0.25, 0.3) is 0 Å². The first-order valence-electron chi connectivity index (χ1n) is 7.09. The van der Waals surface area contributed by atoms with Crippen molar-refractivity contribution >= 4 is 51.5 Å². The molecule has 0 bridgehead atoms. The molecule has 2 aromatic carbocycles. The van der Waals surface area contributed by atoms with E-state index in [1.807, 2.05) is 36.4 Å². The van der Waals surface area contributed by atoms with Crippen molar-refractivity contribution in [1.29, 1.82) is 0 Å². The highest BCUT2D eigenvalue weighted by atomic mass is 32.2. The van der Waals surface area contributed by atoms with Gasteiger partial charge in [-0.3, -0.25) is 9.59 Å². The lowest BCUT2D eigenvalue weighted by molar-refractivity contribution is -0.121. The van der Waals surface area contributed by atoms with Gasteiger partial charge in [-0.05, 0) is 24.3 Å². The van der Waals surface area contributed by atoms with Gasteiger partial charge in [0, 0.05) is 12.1 Å². The number of thioether (sulfide) groups is 1. The van der Waals surface area contributed by atoms with E-state index in [0.717, 1.165) is 5.69 Å². The fraction of sp³-hybridized carbons (Fsp3) is 0.118. The van der Waals surface area contributed by atoms with Gasteiger partial charge in [-0.15, -0.1) is 0 Å². The van der Waals surface area contributed by atoms with Gasteiger partial charge in [0.1, 0.15) is 9.57 Å². The monoisotopic (exact) mass is 342 g/mol. The van der Waals surface area contributed by atoms with Crippen LogP contribution in [0.25, 0.3) is 0 Å². The quantitative estimate of drug-likeness (QED) is 0.684. The highest BCUT2D eigenvalue weighted by Crippen LogP contribution is 2.30. The highest BCUT2D eigenvalue weighted by molar-refractivity contribution is 8.24. The van der Waals surface area contributed by atoms with E-state index in [4.69, 9.17) is 12.2 Å². The average Bonchev–Trinajstić information content (AvgIpc) is 2.83. The van der Waals surface area contributed by atoms with Crippen molar-refractivity contribution in [2.45, 2.75) is 11.7 Å². The molecule has 0 aliphatic carbocycles. The van der Waals surface area contributed by atoms with Crippen LogP contribution in [0.1, 0.15) is 6.42 Å². The summed E-state index contributed by atoms with van der Waals surface area (Å²) < 4.78 is 0.484. The van der Waals surface area contributed by atoms with E-state index in [1.165, 1.54) is 16.7 Å². The van der Waals surface area contributed by atoms with Crippen LogP contribution in [0.3, 0.4) is 0 Å². The SMILES string of the molecule is O=C1C[C@H](SC(=S)Nc2ccccc2)C(=O)N1c1ccccc1. The van der Waals surface area contributed by atoms with E-state index >= 15 is 0 Å². The maximum absolute atomic E-state index is 12.5. The average molecular weight is 342 g/mol. The summed E-state index contributed by atoms with van der Waals surface area (Å²) in [6.07, 6.45) is 0.162. The molecule has 6 heteroatoms. The molecule has 1 heterocycles. The lowest BCUT2D eigenvalue weighted by Gasteiger charge is -2.15. The Kier molecular flexibility index (Phi) is 4.73. The Morgan fingerprint density at radius 1 is 1.04 bits per heavy atom. The summed E-state index contributed by atoms with van der Waals surface area (Å²) in [6, 6.07) is 18.5. The Morgan fingerprint density at radius 3 is 2.30 bits per heavy atom. The summed E-state index contributed by atoms with van der Waals surface area (Å²) >= 11 is 6.51. The third kappa shape index (κ3) is 3.60. The molecule has 2 amide bonds. The second-order valence-electron chi connectivity index (χ2n) is 4.99. The van der Waals surface area contributed by atoms with Crippen molar-refractivity contribution in [1.82, 2.24) is 0 Å². The Balaban J connectivity index is 1.67. The van der Waals surface area contributed by atoms with Crippen LogP contribution in [0.15, 0.2) is 60.7 Å². The third-order valence-electron chi connectivity index (χ3n) is 3.39. The van der Waals surface area contributed by atoms with Gasteiger partial charge < -0.3 is 5.32 Å². The third-order valence-corrected chi connectivity index (χ3v) is 4.75. The molecule has 0 spiro atoms. The second-order valence-corrected chi connectivity index (χ2v) is 6.87. The summed E-state index contributed by atoms with van der Waals surface area (Å²) in [7, 11) is 0. The molecule has 0 aromatic heterocycles. The molecule has 2 aromatic rings. The molecule has 4 nitrogen and oxygen atoms in total. The first-order chi connectivity index (χ1) is 11.1. The van der Waals surface area contributed by atoms with E-state index in [1.54, 1.807) is 24.3 Å². The zero-order valence-corrected chi connectivity index (χ0v) is 13.8. The van der Waals surface area contributed by atoms with E-state index in [9.17, 15) is 9.59 Å². The summed E-state index contributed by atoms with van der Waals surface area (Å²) in [4.78, 5) is 25.9. The Hall–Kier alpha value is -2.18. The predicted molar refractivity (Wildman–Crippen MR) is 97.6 cm³/mol. The smallest absolute Gasteiger partial charge is 0.247 e. The van der Waals surface area contributed by atoms with Crippen LogP contribution in [0, 0.1) is 0 Å². The normalized spacial score (nSPS) is 17.4. The van der Waals surface area contributed by atoms with Gasteiger partial charge in [0.2, 0.25) is 11.8 Å². The van der Waals surface area contributed by atoms with Crippen molar-refractivity contribution in [3.8, 4) is 0 Å². The number of amides is 2. The number of benzene rings is 2. The van der Waals surface area contributed by atoms with Gasteiger partial charge in [0.05, 0.1) is 5.69 Å². The number of imide groups is 1. The number of carbonyl (C=O) groups excluding carboxylic acids is 2. The second kappa shape index (κ2) is 6.93. The maximum atomic E-state index is 12.5. The van der Waals surface area contributed by atoms with Crippen LogP contribution in [-0.2, 0) is 9.59 Å². The lowest BCUT2D eigenvalue weighted by atomic mass is 10.3. The Morgan fingerprint density at radius 2 is 1.65 bits per heavy atom. The minimum atomic E-state index is -0.480. The number of para-hydroxylation sites is 2. The Bertz CT molecular complexity index is 735. The van der Waals surface area contributed by atoms with Crippen molar-refractivity contribution in [2.75, 3.05) is 10.2 Å². The van der Waals surface area contributed by atoms with E-state index < -0.39 is 5.25 Å². The molecule has 0 radical (unpaired) electrons. The largest absolute Gasteiger partial charge is 0.341 e. The van der Waals surface area contributed by atoms with Crippen molar-refractivity contribution in [2.24, 2.45) is 0 Å². The van der Waals surface area contributed by atoms with Crippen LogP contribution in [0.4, 0.5) is 11.4 Å². The van der Waals surface area contributed by atoms with Crippen LogP contribution in [0.2, 0.25) is 0 Å². The molecule has 1 N–H and O–H groups in total. The molecule has 1 saturated heterocycles. The van der Waals surface area contributed by atoms with Crippen molar-refractivity contribution < 1.29 is 9.59 Å². The van der Waals surface area contributed by atoms with Crippen molar-refractivity contribution in [3.63, 3.8) is 0 Å². The Labute approximate surface area is 143 Å². The molecule has 116 valence electrons. The molecular weight excluding hydrogens is 328 g/mol. The van der Waals surface area contributed by atoms with Crippen LogP contribution in [-0.4, -0.2) is 21.4 Å². The number of nitrogens with one attached hydrogen (secondary N) is 1. The minimum absolute atomic E-state index is 0.162. The summed E-state index contributed by atoms with van der Waals surface area (Å²) in [5, 5.41) is 2.59. The van der Waals surface area contributed by atoms with Crippen LogP contribution in [0.5, 0.6) is 0 Å². The number of thiocarbonyl (C=S) groups is 1. The van der Waals surface area contributed by atoms with Gasteiger partial charge in [-0.2, -0.15) is 0 Å². The topological polar surface area (TPSA) is 49.4 Å². The van der Waals surface area contributed by atoms with E-state index in [2.05, 4.69) is 5.32 Å². The molecule has 1 atom stereocenters. The molecule has 0 saturated carbocycles. The molecule has 1 aliphatic heterocycles. The van der Waals surface area contributed by atoms with Crippen LogP contribution < -0.4 is 10.2 Å². The molecule has 0 unspecified atom stereocenters. The van der Waals surface area contributed by atoms with E-state index in [0.29, 0.717) is 10.0 Å². The molecule has 1 fully saturated rings. The minimum Gasteiger partial charge on any atom is -0.341 e. The standard InChI is InChI=1S/C17H14N2O2S2/c20-15-11-14(16(21)19(15)13-9-5-2-6-10-13)23-17(22)18-12-7-3-1-4-8-12/h1-10,14H,11H2,(H,18,22)/t14-/m0/s1. The highest BCUT2D eigenvalue weighted by Gasteiger charge is 2.40. The zero-order chi connectivity index (χ0) is 16.2. The number of hydrogen-bond donors (Lipinski definition) is 1. The first kappa shape index (κ1) is 15.7. The summed E-state index contributed by atoms with van der Waals surface area (Å²) in [5.74, 6) is -0.412. The fourth-order valence-electron chi connectivity index (χ4n) is 2.34. The molecular formula is C17H14N2O2S2. The van der Waals surface area contributed by atoms with Gasteiger partial charge in [-0.25, -0.2) is 4.90 Å².